The lowest BCUT2D eigenvalue weighted by Gasteiger charge is -2.39. The van der Waals surface area contributed by atoms with E-state index in [9.17, 15) is 4.79 Å². The molecular formula is C26H27N3O4. The number of rotatable bonds is 4. The van der Waals surface area contributed by atoms with E-state index >= 15 is 0 Å². The first kappa shape index (κ1) is 20.3. The number of nitrogens with zero attached hydrogens (tertiary/aromatic N) is 2. The zero-order valence-electron chi connectivity index (χ0n) is 19.3. The van der Waals surface area contributed by atoms with Crippen LogP contribution in [0.2, 0.25) is 0 Å². The summed E-state index contributed by atoms with van der Waals surface area (Å²) in [6, 6.07) is 11.5. The number of ether oxygens (including phenoxy) is 3. The molecule has 2 aliphatic carbocycles. The van der Waals surface area contributed by atoms with Crippen LogP contribution in [-0.2, 0) is 22.2 Å². The van der Waals surface area contributed by atoms with Crippen LogP contribution in [0.4, 0.5) is 0 Å². The summed E-state index contributed by atoms with van der Waals surface area (Å²) in [7, 11) is 1.64. The van der Waals surface area contributed by atoms with Crippen molar-refractivity contribution >= 4 is 16.9 Å². The van der Waals surface area contributed by atoms with Crippen molar-refractivity contribution in [3.8, 4) is 17.2 Å². The number of amides is 1. The molecule has 3 aromatic rings. The normalized spacial score (nSPS) is 25.8. The van der Waals surface area contributed by atoms with E-state index in [-0.39, 0.29) is 23.5 Å². The van der Waals surface area contributed by atoms with Crippen molar-refractivity contribution in [2.45, 2.75) is 51.0 Å². The van der Waals surface area contributed by atoms with Crippen molar-refractivity contribution in [2.75, 3.05) is 13.9 Å². The number of hydrogen-bond donors (Lipinski definition) is 1. The molecule has 7 nitrogen and oxygen atoms in total. The number of carbonyl (C=O) groups excluding carboxylic acids is 1. The number of fused-ring (bicyclic) bond motifs is 7. The van der Waals surface area contributed by atoms with E-state index in [0.717, 1.165) is 46.6 Å². The van der Waals surface area contributed by atoms with E-state index in [1.165, 1.54) is 0 Å². The van der Waals surface area contributed by atoms with Gasteiger partial charge in [-0.1, -0.05) is 32.9 Å². The van der Waals surface area contributed by atoms with Gasteiger partial charge < -0.3 is 19.5 Å². The highest BCUT2D eigenvalue weighted by atomic mass is 16.7. The molecule has 7 heteroatoms. The smallest absolute Gasteiger partial charge is 0.233 e. The third kappa shape index (κ3) is 2.48. The molecule has 1 aliphatic heterocycles. The van der Waals surface area contributed by atoms with Crippen molar-refractivity contribution < 1.29 is 19.0 Å². The molecule has 0 saturated heterocycles. The number of aromatic nitrogens is 2. The first-order chi connectivity index (χ1) is 15.8. The molecule has 1 N–H and O–H groups in total. The monoisotopic (exact) mass is 445 g/mol. The van der Waals surface area contributed by atoms with E-state index in [0.29, 0.717) is 18.0 Å². The van der Waals surface area contributed by atoms with E-state index in [4.69, 9.17) is 24.2 Å². The second-order valence-electron chi connectivity index (χ2n) is 10.0. The first-order valence-corrected chi connectivity index (χ1v) is 11.3. The summed E-state index contributed by atoms with van der Waals surface area (Å²) < 4.78 is 16.3. The molecule has 2 unspecified atom stereocenters. The zero-order valence-corrected chi connectivity index (χ0v) is 19.3. The zero-order chi connectivity index (χ0) is 23.0. The minimum absolute atomic E-state index is 0.0141. The SMILES string of the molecule is COc1ccc(CNC(=O)C23CCC(C)(c4nc5cc6c(cc5nc42)OCO6)C3(C)C)cc1. The minimum atomic E-state index is -0.735. The Kier molecular flexibility index (Phi) is 4.05. The third-order valence-corrected chi connectivity index (χ3v) is 8.53. The Balaban J connectivity index is 1.42. The van der Waals surface area contributed by atoms with Gasteiger partial charge in [-0.2, -0.15) is 0 Å². The van der Waals surface area contributed by atoms with Crippen LogP contribution in [0.15, 0.2) is 36.4 Å². The van der Waals surface area contributed by atoms with Gasteiger partial charge >= 0.3 is 0 Å². The summed E-state index contributed by atoms with van der Waals surface area (Å²) in [6.45, 7) is 7.26. The van der Waals surface area contributed by atoms with Crippen LogP contribution in [0.5, 0.6) is 17.2 Å². The second-order valence-corrected chi connectivity index (χ2v) is 10.0. The van der Waals surface area contributed by atoms with Crippen LogP contribution < -0.4 is 19.5 Å². The lowest BCUT2D eigenvalue weighted by Crippen LogP contribution is -2.51. The number of methoxy groups -OCH3 is 1. The van der Waals surface area contributed by atoms with Crippen LogP contribution in [0.3, 0.4) is 0 Å². The van der Waals surface area contributed by atoms with Crippen molar-refractivity contribution in [1.29, 1.82) is 0 Å². The summed E-state index contributed by atoms with van der Waals surface area (Å²) in [6.07, 6.45) is 1.65. The predicted octanol–water partition coefficient (Wildman–Crippen LogP) is 4.01. The predicted molar refractivity (Wildman–Crippen MR) is 123 cm³/mol. The van der Waals surface area contributed by atoms with Gasteiger partial charge in [0.05, 0.1) is 34.9 Å². The summed E-state index contributed by atoms with van der Waals surface area (Å²) in [5.41, 5.74) is 2.96. The molecule has 2 aromatic carbocycles. The molecule has 1 aromatic heterocycles. The standard InChI is InChI=1S/C26H27N3O4/c1-24(2)25(3)9-10-26(24,23(30)27-13-15-5-7-16(31-4)8-6-15)22-21(25)28-17-11-19-20(33-14-32-19)12-18(17)29-22/h5-8,11-12H,9-10,13-14H2,1-4H3,(H,27,30). The molecule has 3 aliphatic rings. The Hall–Kier alpha value is -3.35. The number of nitrogens with one attached hydrogen (secondary N) is 1. The Morgan fingerprint density at radius 3 is 2.27 bits per heavy atom. The average molecular weight is 446 g/mol. The molecule has 0 radical (unpaired) electrons. The topological polar surface area (TPSA) is 82.6 Å². The maximum absolute atomic E-state index is 13.9. The maximum atomic E-state index is 13.9. The maximum Gasteiger partial charge on any atom is 0.233 e. The highest BCUT2D eigenvalue weighted by Crippen LogP contribution is 2.70. The fraction of sp³-hybridized carbons (Fsp3) is 0.423. The van der Waals surface area contributed by atoms with Gasteiger partial charge in [0.25, 0.3) is 0 Å². The summed E-state index contributed by atoms with van der Waals surface area (Å²) in [4.78, 5) is 24.0. The van der Waals surface area contributed by atoms with Gasteiger partial charge in [0.1, 0.15) is 5.75 Å². The van der Waals surface area contributed by atoms with Crippen LogP contribution in [0.1, 0.15) is 50.6 Å². The van der Waals surface area contributed by atoms with Crippen molar-refractivity contribution in [3.63, 3.8) is 0 Å². The van der Waals surface area contributed by atoms with Gasteiger partial charge in [-0.15, -0.1) is 0 Å². The minimum Gasteiger partial charge on any atom is -0.497 e. The molecule has 1 fully saturated rings. The molecule has 33 heavy (non-hydrogen) atoms. The van der Waals surface area contributed by atoms with Crippen LogP contribution in [0, 0.1) is 5.41 Å². The van der Waals surface area contributed by atoms with Gasteiger partial charge in [-0.25, -0.2) is 9.97 Å². The Bertz CT molecular complexity index is 1300. The third-order valence-electron chi connectivity index (χ3n) is 8.53. The molecule has 6 rings (SSSR count). The summed E-state index contributed by atoms with van der Waals surface area (Å²) in [5.74, 6) is 2.17. The molecule has 0 spiro atoms. The summed E-state index contributed by atoms with van der Waals surface area (Å²) in [5, 5.41) is 3.21. The lowest BCUT2D eigenvalue weighted by molar-refractivity contribution is -0.130. The van der Waals surface area contributed by atoms with Gasteiger partial charge in [0, 0.05) is 24.1 Å². The summed E-state index contributed by atoms with van der Waals surface area (Å²) >= 11 is 0. The van der Waals surface area contributed by atoms with Crippen molar-refractivity contribution in [1.82, 2.24) is 15.3 Å². The van der Waals surface area contributed by atoms with E-state index in [1.54, 1.807) is 7.11 Å². The van der Waals surface area contributed by atoms with Crippen molar-refractivity contribution in [2.24, 2.45) is 5.41 Å². The average Bonchev–Trinajstić information content (AvgIpc) is 3.39. The van der Waals surface area contributed by atoms with Gasteiger partial charge in [-0.3, -0.25) is 4.79 Å². The van der Waals surface area contributed by atoms with Gasteiger partial charge in [0.2, 0.25) is 12.7 Å². The fourth-order valence-corrected chi connectivity index (χ4v) is 6.07. The fourth-order valence-electron chi connectivity index (χ4n) is 6.07. The first-order valence-electron chi connectivity index (χ1n) is 11.3. The second kappa shape index (κ2) is 6.59. The number of hydrogen-bond acceptors (Lipinski definition) is 6. The Morgan fingerprint density at radius 1 is 1.00 bits per heavy atom. The number of carbonyl (C=O) groups is 1. The largest absolute Gasteiger partial charge is 0.497 e. The molecule has 170 valence electrons. The van der Waals surface area contributed by atoms with Crippen molar-refractivity contribution in [3.05, 3.63) is 53.3 Å². The van der Waals surface area contributed by atoms with E-state index < -0.39 is 5.41 Å². The molecule has 1 amide bonds. The molecule has 2 heterocycles. The van der Waals surface area contributed by atoms with Gasteiger partial charge in [-0.05, 0) is 36.0 Å². The van der Waals surface area contributed by atoms with Crippen LogP contribution in [0.25, 0.3) is 11.0 Å². The van der Waals surface area contributed by atoms with E-state index in [2.05, 4.69) is 26.1 Å². The lowest BCUT2D eigenvalue weighted by atomic mass is 9.63. The van der Waals surface area contributed by atoms with Crippen LogP contribution >= 0.6 is 0 Å². The molecule has 2 bridgehead atoms. The van der Waals surface area contributed by atoms with Crippen LogP contribution in [-0.4, -0.2) is 29.8 Å². The highest BCUT2D eigenvalue weighted by Gasteiger charge is 2.73. The van der Waals surface area contributed by atoms with E-state index in [1.807, 2.05) is 36.4 Å². The number of benzene rings is 2. The Labute approximate surface area is 192 Å². The quantitative estimate of drug-likeness (QED) is 0.653. The molecular weight excluding hydrogens is 418 g/mol. The Morgan fingerprint density at radius 2 is 1.64 bits per heavy atom. The highest BCUT2D eigenvalue weighted by molar-refractivity contribution is 5.93. The van der Waals surface area contributed by atoms with Gasteiger partial charge in [0.15, 0.2) is 11.5 Å². The molecule has 1 saturated carbocycles. The molecule has 2 atom stereocenters.